The van der Waals surface area contributed by atoms with Crippen molar-refractivity contribution in [2.75, 3.05) is 27.4 Å². The highest BCUT2D eigenvalue weighted by Gasteiger charge is 2.50. The Bertz CT molecular complexity index is 2350. The molecular formula is C48H52N2O9Si. The molecule has 312 valence electrons. The molecule has 0 radical (unpaired) electrons. The summed E-state index contributed by atoms with van der Waals surface area (Å²) in [5.41, 5.74) is 0.0220. The van der Waals surface area contributed by atoms with Gasteiger partial charge in [-0.1, -0.05) is 136 Å². The topological polar surface area (TPSA) is 141 Å². The molecule has 1 saturated heterocycles. The zero-order chi connectivity index (χ0) is 42.5. The molecule has 11 nitrogen and oxygen atoms in total. The number of nitrogens with one attached hydrogen (secondary N) is 1. The van der Waals surface area contributed by atoms with Crippen molar-refractivity contribution >= 4 is 18.7 Å². The van der Waals surface area contributed by atoms with Crippen LogP contribution in [-0.2, 0) is 25.9 Å². The molecule has 0 saturated carbocycles. The van der Waals surface area contributed by atoms with Crippen LogP contribution < -0.4 is 31.1 Å². The second kappa shape index (κ2) is 17.9. The van der Waals surface area contributed by atoms with E-state index in [0.717, 1.165) is 31.6 Å². The Hall–Kier alpha value is -5.60. The lowest BCUT2D eigenvalue weighted by molar-refractivity contribution is -0.0959. The van der Waals surface area contributed by atoms with Crippen LogP contribution in [0.5, 0.6) is 11.5 Å². The lowest BCUT2D eigenvalue weighted by Gasteiger charge is -2.43. The Balaban J connectivity index is 1.17. The van der Waals surface area contributed by atoms with Crippen molar-refractivity contribution in [3.8, 4) is 11.5 Å². The normalized spacial score (nSPS) is 18.3. The van der Waals surface area contributed by atoms with Gasteiger partial charge >= 0.3 is 5.69 Å². The van der Waals surface area contributed by atoms with Gasteiger partial charge in [0.15, 0.2) is 6.23 Å². The van der Waals surface area contributed by atoms with E-state index in [1.165, 1.54) is 6.20 Å². The van der Waals surface area contributed by atoms with E-state index in [0.29, 0.717) is 11.5 Å². The summed E-state index contributed by atoms with van der Waals surface area (Å²) in [5, 5.41) is 24.9. The van der Waals surface area contributed by atoms with Crippen LogP contribution in [0, 0.1) is 0 Å². The van der Waals surface area contributed by atoms with E-state index >= 15 is 0 Å². The number of methoxy groups -OCH3 is 2. The Morgan fingerprint density at radius 2 is 1.17 bits per heavy atom. The van der Waals surface area contributed by atoms with Crippen LogP contribution in [0.1, 0.15) is 49.3 Å². The quantitative estimate of drug-likeness (QED) is 0.0930. The number of aromatic nitrogens is 2. The third-order valence-electron chi connectivity index (χ3n) is 11.4. The molecule has 0 spiro atoms. The van der Waals surface area contributed by atoms with Gasteiger partial charge in [0.2, 0.25) is 0 Å². The molecule has 1 aliphatic heterocycles. The smallest absolute Gasteiger partial charge is 0.330 e. The van der Waals surface area contributed by atoms with Gasteiger partial charge in [-0.3, -0.25) is 14.3 Å². The zero-order valence-electron chi connectivity index (χ0n) is 34.5. The number of rotatable bonds is 15. The minimum atomic E-state index is -2.91. The zero-order valence-corrected chi connectivity index (χ0v) is 35.5. The fourth-order valence-corrected chi connectivity index (χ4v) is 12.9. The van der Waals surface area contributed by atoms with Gasteiger partial charge in [-0.15, -0.1) is 0 Å². The number of nitrogens with zero attached hydrogens (tertiary/aromatic N) is 1. The fourth-order valence-electron chi connectivity index (χ4n) is 8.35. The maximum absolute atomic E-state index is 13.4. The highest BCUT2D eigenvalue weighted by atomic mass is 28.4. The van der Waals surface area contributed by atoms with Crippen LogP contribution in [0.2, 0.25) is 5.04 Å². The minimum Gasteiger partial charge on any atom is -0.497 e. The number of aliphatic hydroxyl groups excluding tert-OH is 2. The van der Waals surface area contributed by atoms with E-state index in [1.807, 2.05) is 115 Å². The summed E-state index contributed by atoms with van der Waals surface area (Å²) in [7, 11) is 0.284. The first kappa shape index (κ1) is 42.5. The lowest BCUT2D eigenvalue weighted by Crippen LogP contribution is -2.66. The number of hydrogen-bond donors (Lipinski definition) is 3. The van der Waals surface area contributed by atoms with E-state index in [4.69, 9.17) is 23.4 Å². The van der Waals surface area contributed by atoms with Gasteiger partial charge in [-0.25, -0.2) is 4.79 Å². The van der Waals surface area contributed by atoms with Gasteiger partial charge in [0.25, 0.3) is 13.9 Å². The first-order valence-corrected chi connectivity index (χ1v) is 21.9. The maximum Gasteiger partial charge on any atom is 0.330 e. The second-order valence-electron chi connectivity index (χ2n) is 15.9. The molecule has 5 aromatic carbocycles. The van der Waals surface area contributed by atoms with Gasteiger partial charge in [0, 0.05) is 24.8 Å². The summed E-state index contributed by atoms with van der Waals surface area (Å²) >= 11 is 0. The molecule has 0 amide bonds. The standard InChI is InChI=1S/C48H52N2O9Si/c1-47(2,3)60(39-17-11-7-12-18-39,40-19-13-8-14-20-40)58-30-29-33-31-50(46(54)49-44(33)53)45-43(52)42(51)41(59-45)32-57-48(34-15-9-6-10-16-34,35-21-25-37(55-4)26-22-35)36-23-27-38(56-5)28-24-36/h6-28,31,41-43,45,51-52H,29-30,32H2,1-5H3,(H,49,53,54)/t41-,42-,43-,45-/m1/s1. The summed E-state index contributed by atoms with van der Waals surface area (Å²) in [6, 6.07) is 45.1. The van der Waals surface area contributed by atoms with Crippen molar-refractivity contribution in [1.29, 1.82) is 0 Å². The highest BCUT2D eigenvalue weighted by molar-refractivity contribution is 6.99. The van der Waals surface area contributed by atoms with Crippen molar-refractivity contribution in [3.63, 3.8) is 0 Å². The maximum atomic E-state index is 13.4. The molecule has 0 bridgehead atoms. The van der Waals surface area contributed by atoms with Crippen LogP contribution >= 0.6 is 0 Å². The Morgan fingerprint density at radius 1 is 0.683 bits per heavy atom. The molecule has 2 heterocycles. The summed E-state index contributed by atoms with van der Waals surface area (Å²) in [6.45, 7) is 6.51. The number of hydrogen-bond acceptors (Lipinski definition) is 9. The van der Waals surface area contributed by atoms with Crippen molar-refractivity contribution in [2.24, 2.45) is 0 Å². The van der Waals surface area contributed by atoms with Gasteiger partial charge in [-0.05, 0) is 56.4 Å². The third-order valence-corrected chi connectivity index (χ3v) is 16.4. The average Bonchev–Trinajstić information content (AvgIpc) is 3.55. The van der Waals surface area contributed by atoms with Crippen molar-refractivity contribution in [1.82, 2.24) is 9.55 Å². The van der Waals surface area contributed by atoms with E-state index < -0.39 is 49.7 Å². The molecule has 1 fully saturated rings. The fraction of sp³-hybridized carbons (Fsp3) is 0.292. The van der Waals surface area contributed by atoms with Gasteiger partial charge in [0.1, 0.15) is 35.4 Å². The van der Waals surface area contributed by atoms with Crippen molar-refractivity contribution in [2.45, 2.75) is 62.4 Å². The van der Waals surface area contributed by atoms with Gasteiger partial charge in [0.05, 0.1) is 20.8 Å². The number of benzene rings is 5. The van der Waals surface area contributed by atoms with Gasteiger partial charge < -0.3 is 33.6 Å². The largest absolute Gasteiger partial charge is 0.497 e. The third kappa shape index (κ3) is 8.14. The predicted molar refractivity (Wildman–Crippen MR) is 233 cm³/mol. The van der Waals surface area contributed by atoms with Crippen LogP contribution in [0.25, 0.3) is 0 Å². The van der Waals surface area contributed by atoms with Gasteiger partial charge in [-0.2, -0.15) is 0 Å². The first-order chi connectivity index (χ1) is 28.9. The number of aromatic amines is 1. The van der Waals surface area contributed by atoms with Crippen LogP contribution in [0.3, 0.4) is 0 Å². The Morgan fingerprint density at radius 3 is 1.65 bits per heavy atom. The second-order valence-corrected chi connectivity index (χ2v) is 20.2. The first-order valence-electron chi connectivity index (χ1n) is 20.0. The molecular weight excluding hydrogens is 777 g/mol. The number of H-pyrrole nitrogens is 1. The SMILES string of the molecule is COc1ccc(C(OC[C@H]2O[C@@H](n3cc(CCO[Si](c4ccccc4)(c4ccccc4)C(C)(C)C)c(=O)[nH]c3=O)[C@H](O)[C@@H]2O)(c2ccccc2)c2ccc(OC)cc2)cc1. The molecule has 1 aliphatic rings. The molecule has 7 rings (SSSR count). The average molecular weight is 829 g/mol. The van der Waals surface area contributed by atoms with E-state index in [9.17, 15) is 19.8 Å². The molecule has 4 atom stereocenters. The minimum absolute atomic E-state index is 0.168. The molecule has 12 heteroatoms. The summed E-state index contributed by atoms with van der Waals surface area (Å²) in [6.07, 6.45) is -3.83. The summed E-state index contributed by atoms with van der Waals surface area (Å²) < 4.78 is 32.3. The number of aliphatic hydroxyl groups is 2. The highest BCUT2D eigenvalue weighted by Crippen LogP contribution is 2.43. The van der Waals surface area contributed by atoms with E-state index in [-0.39, 0.29) is 30.2 Å². The predicted octanol–water partition coefficient (Wildman–Crippen LogP) is 5.30. The van der Waals surface area contributed by atoms with Crippen molar-refractivity contribution in [3.05, 3.63) is 189 Å². The Kier molecular flexibility index (Phi) is 12.7. The molecule has 1 aromatic heterocycles. The molecule has 3 N–H and O–H groups in total. The van der Waals surface area contributed by atoms with Crippen molar-refractivity contribution < 1.29 is 33.6 Å². The summed E-state index contributed by atoms with van der Waals surface area (Å²) in [4.78, 5) is 29.1. The molecule has 6 aromatic rings. The number of ether oxygens (including phenoxy) is 4. The molecule has 0 aliphatic carbocycles. The lowest BCUT2D eigenvalue weighted by atomic mass is 9.80. The molecule has 0 unspecified atom stereocenters. The monoisotopic (exact) mass is 828 g/mol. The van der Waals surface area contributed by atoms with E-state index in [2.05, 4.69) is 50.0 Å². The van der Waals surface area contributed by atoms with Crippen LogP contribution in [0.4, 0.5) is 0 Å². The van der Waals surface area contributed by atoms with Crippen LogP contribution in [-0.4, -0.2) is 73.8 Å². The summed E-state index contributed by atoms with van der Waals surface area (Å²) in [5.74, 6) is 1.33. The molecule has 60 heavy (non-hydrogen) atoms. The van der Waals surface area contributed by atoms with E-state index in [1.54, 1.807) is 14.2 Å². The van der Waals surface area contributed by atoms with Crippen LogP contribution in [0.15, 0.2) is 155 Å². The Labute approximate surface area is 350 Å².